The monoisotopic (exact) mass is 250 g/mol. The lowest BCUT2D eigenvalue weighted by Gasteiger charge is -2.24. The summed E-state index contributed by atoms with van der Waals surface area (Å²) >= 11 is 0. The average molecular weight is 250 g/mol. The van der Waals surface area contributed by atoms with Gasteiger partial charge in [0.1, 0.15) is 0 Å². The van der Waals surface area contributed by atoms with Gasteiger partial charge in [-0.15, -0.1) is 0 Å². The fourth-order valence-corrected chi connectivity index (χ4v) is 2.65. The second kappa shape index (κ2) is 5.36. The van der Waals surface area contributed by atoms with Crippen LogP contribution < -0.4 is 5.19 Å². The summed E-state index contributed by atoms with van der Waals surface area (Å²) in [5.74, 6) is 0. The summed E-state index contributed by atoms with van der Waals surface area (Å²) in [7, 11) is -1.16. The Morgan fingerprint density at radius 2 is 1.59 bits per heavy atom. The van der Waals surface area contributed by atoms with E-state index in [9.17, 15) is 0 Å². The normalized spacial score (nSPS) is 12.8. The summed E-state index contributed by atoms with van der Waals surface area (Å²) in [5.41, 5.74) is 1.26. The highest BCUT2D eigenvalue weighted by atomic mass is 28.3. The van der Waals surface area contributed by atoms with Gasteiger partial charge in [-0.05, 0) is 25.8 Å². The van der Waals surface area contributed by atoms with Gasteiger partial charge in [-0.1, -0.05) is 56.0 Å². The van der Waals surface area contributed by atoms with Crippen molar-refractivity contribution in [1.29, 1.82) is 0 Å². The number of rotatable bonds is 5. The van der Waals surface area contributed by atoms with Crippen molar-refractivity contribution in [3.63, 3.8) is 0 Å². The molecule has 0 aliphatic rings. The molecule has 0 saturated carbocycles. The van der Waals surface area contributed by atoms with Crippen LogP contribution in [0.5, 0.6) is 0 Å². The molecular formula is C15H26OSi. The summed E-state index contributed by atoms with van der Waals surface area (Å²) < 4.78 is 5.90. The molecule has 0 unspecified atom stereocenters. The third-order valence-electron chi connectivity index (χ3n) is 3.30. The van der Waals surface area contributed by atoms with Gasteiger partial charge in [0, 0.05) is 0 Å². The predicted molar refractivity (Wildman–Crippen MR) is 78.6 cm³/mol. The van der Waals surface area contributed by atoms with E-state index in [4.69, 9.17) is 4.74 Å². The Kier molecular flexibility index (Phi) is 4.56. The second-order valence-electron chi connectivity index (χ2n) is 6.35. The molecule has 0 amide bonds. The molecule has 1 aromatic carbocycles. The first-order valence-corrected chi connectivity index (χ1v) is 9.98. The van der Waals surface area contributed by atoms with Crippen molar-refractivity contribution < 1.29 is 4.74 Å². The Bertz CT molecular complexity index is 346. The zero-order chi connectivity index (χ0) is 13.1. The Hall–Kier alpha value is -0.603. The van der Waals surface area contributed by atoms with E-state index in [0.29, 0.717) is 6.61 Å². The van der Waals surface area contributed by atoms with Gasteiger partial charge in [0.2, 0.25) is 0 Å². The van der Waals surface area contributed by atoms with Gasteiger partial charge < -0.3 is 4.74 Å². The topological polar surface area (TPSA) is 9.23 Å². The molecule has 0 N–H and O–H groups in total. The molecule has 0 aromatic heterocycles. The van der Waals surface area contributed by atoms with Crippen LogP contribution in [0.25, 0.3) is 0 Å². The lowest BCUT2D eigenvalue weighted by Crippen LogP contribution is -2.37. The number of benzene rings is 1. The SMILES string of the molecule is CCC(C)(C)OCc1ccc([Si](C)(C)C)cc1. The summed E-state index contributed by atoms with van der Waals surface area (Å²) in [5, 5.41) is 1.51. The number of hydrogen-bond donors (Lipinski definition) is 0. The van der Waals surface area contributed by atoms with Crippen LogP contribution >= 0.6 is 0 Å². The van der Waals surface area contributed by atoms with Crippen molar-refractivity contribution in [2.45, 2.75) is 59.0 Å². The third-order valence-corrected chi connectivity index (χ3v) is 5.37. The highest BCUT2D eigenvalue weighted by Gasteiger charge is 2.17. The van der Waals surface area contributed by atoms with Crippen LogP contribution in [0.15, 0.2) is 24.3 Å². The van der Waals surface area contributed by atoms with Crippen LogP contribution in [0.2, 0.25) is 19.6 Å². The predicted octanol–water partition coefficient (Wildman–Crippen LogP) is 3.94. The summed E-state index contributed by atoms with van der Waals surface area (Å²) in [6, 6.07) is 8.95. The van der Waals surface area contributed by atoms with E-state index >= 15 is 0 Å². The molecule has 0 heterocycles. The van der Waals surface area contributed by atoms with Crippen LogP contribution in [0.1, 0.15) is 32.8 Å². The van der Waals surface area contributed by atoms with E-state index in [1.807, 2.05) is 0 Å². The third kappa shape index (κ3) is 4.64. The minimum absolute atomic E-state index is 0.0164. The van der Waals surface area contributed by atoms with Crippen molar-refractivity contribution >= 4 is 13.3 Å². The molecule has 0 aliphatic carbocycles. The molecule has 1 aromatic rings. The molecule has 96 valence electrons. The molecule has 17 heavy (non-hydrogen) atoms. The van der Waals surface area contributed by atoms with Crippen molar-refractivity contribution in [3.8, 4) is 0 Å². The lowest BCUT2D eigenvalue weighted by molar-refractivity contribution is -0.0316. The van der Waals surface area contributed by atoms with E-state index < -0.39 is 8.07 Å². The first-order chi connectivity index (χ1) is 7.74. The van der Waals surface area contributed by atoms with Crippen molar-refractivity contribution in [2.24, 2.45) is 0 Å². The lowest BCUT2D eigenvalue weighted by atomic mass is 10.1. The highest BCUT2D eigenvalue weighted by molar-refractivity contribution is 6.88. The molecule has 0 saturated heterocycles. The van der Waals surface area contributed by atoms with Crippen LogP contribution in [0, 0.1) is 0 Å². The largest absolute Gasteiger partial charge is 0.371 e. The fourth-order valence-electron chi connectivity index (χ4n) is 1.48. The van der Waals surface area contributed by atoms with Gasteiger partial charge in [-0.2, -0.15) is 0 Å². The Morgan fingerprint density at radius 3 is 2.00 bits per heavy atom. The summed E-state index contributed by atoms with van der Waals surface area (Å²) in [4.78, 5) is 0. The Morgan fingerprint density at radius 1 is 1.06 bits per heavy atom. The molecule has 0 atom stereocenters. The van der Waals surface area contributed by atoms with E-state index in [0.717, 1.165) is 6.42 Å². The Labute approximate surface area is 107 Å². The van der Waals surface area contributed by atoms with E-state index in [1.165, 1.54) is 10.8 Å². The zero-order valence-electron chi connectivity index (χ0n) is 12.1. The minimum Gasteiger partial charge on any atom is -0.371 e. The van der Waals surface area contributed by atoms with Crippen LogP contribution in [0.3, 0.4) is 0 Å². The maximum Gasteiger partial charge on any atom is 0.0775 e. The molecule has 0 spiro atoms. The van der Waals surface area contributed by atoms with Crippen LogP contribution in [-0.2, 0) is 11.3 Å². The molecule has 0 radical (unpaired) electrons. The van der Waals surface area contributed by atoms with E-state index in [1.54, 1.807) is 0 Å². The molecular weight excluding hydrogens is 224 g/mol. The first-order valence-electron chi connectivity index (χ1n) is 6.48. The second-order valence-corrected chi connectivity index (χ2v) is 11.4. The van der Waals surface area contributed by atoms with Gasteiger partial charge in [0.05, 0.1) is 20.3 Å². The van der Waals surface area contributed by atoms with Gasteiger partial charge in [0.25, 0.3) is 0 Å². The molecule has 0 bridgehead atoms. The standard InChI is InChI=1S/C15H26OSi/c1-7-15(2,3)16-12-13-8-10-14(11-9-13)17(4,5)6/h8-11H,7,12H2,1-6H3. The van der Waals surface area contributed by atoms with Gasteiger partial charge in [0.15, 0.2) is 0 Å². The maximum absolute atomic E-state index is 5.90. The molecule has 1 rings (SSSR count). The minimum atomic E-state index is -1.16. The smallest absolute Gasteiger partial charge is 0.0775 e. The molecule has 2 heteroatoms. The maximum atomic E-state index is 5.90. The first kappa shape index (κ1) is 14.5. The number of hydrogen-bond acceptors (Lipinski definition) is 1. The van der Waals surface area contributed by atoms with E-state index in [2.05, 4.69) is 64.7 Å². The fraction of sp³-hybridized carbons (Fsp3) is 0.600. The summed E-state index contributed by atoms with van der Waals surface area (Å²) in [6.45, 7) is 14.3. The zero-order valence-corrected chi connectivity index (χ0v) is 13.1. The van der Waals surface area contributed by atoms with Crippen LogP contribution in [-0.4, -0.2) is 13.7 Å². The van der Waals surface area contributed by atoms with Gasteiger partial charge >= 0.3 is 0 Å². The average Bonchev–Trinajstić information content (AvgIpc) is 2.26. The van der Waals surface area contributed by atoms with Gasteiger partial charge in [-0.3, -0.25) is 0 Å². The van der Waals surface area contributed by atoms with E-state index in [-0.39, 0.29) is 5.60 Å². The van der Waals surface area contributed by atoms with Gasteiger partial charge in [-0.25, -0.2) is 0 Å². The quantitative estimate of drug-likeness (QED) is 0.719. The molecule has 0 fully saturated rings. The van der Waals surface area contributed by atoms with Crippen molar-refractivity contribution in [1.82, 2.24) is 0 Å². The van der Waals surface area contributed by atoms with Crippen molar-refractivity contribution in [3.05, 3.63) is 29.8 Å². The summed E-state index contributed by atoms with van der Waals surface area (Å²) in [6.07, 6.45) is 1.04. The van der Waals surface area contributed by atoms with Crippen molar-refractivity contribution in [2.75, 3.05) is 0 Å². The highest BCUT2D eigenvalue weighted by Crippen LogP contribution is 2.16. The Balaban J connectivity index is 2.64. The molecule has 1 nitrogen and oxygen atoms in total. The number of ether oxygens (including phenoxy) is 1. The molecule has 0 aliphatic heterocycles. The van der Waals surface area contributed by atoms with Crippen LogP contribution in [0.4, 0.5) is 0 Å².